The summed E-state index contributed by atoms with van der Waals surface area (Å²) < 4.78 is 4.88. The van der Waals surface area contributed by atoms with E-state index in [0.717, 1.165) is 0 Å². The largest absolute Gasteiger partial charge is 0.465 e. The summed E-state index contributed by atoms with van der Waals surface area (Å²) >= 11 is 0. The van der Waals surface area contributed by atoms with E-state index in [2.05, 4.69) is 12.3 Å². The number of ketones is 1. The minimum atomic E-state index is -0.503. The van der Waals surface area contributed by atoms with Gasteiger partial charge in [-0.15, -0.1) is 5.73 Å². The van der Waals surface area contributed by atoms with E-state index in [9.17, 15) is 9.59 Å². The normalized spacial score (nSPS) is 9.18. The van der Waals surface area contributed by atoms with Gasteiger partial charge in [0, 0.05) is 12.0 Å². The van der Waals surface area contributed by atoms with E-state index in [1.54, 1.807) is 30.3 Å². The van der Waals surface area contributed by atoms with Crippen molar-refractivity contribution in [1.82, 2.24) is 0 Å². The minimum Gasteiger partial charge on any atom is -0.465 e. The lowest BCUT2D eigenvalue weighted by Gasteiger charge is -2.02. The maximum Gasteiger partial charge on any atom is 0.313 e. The second-order valence-electron chi connectivity index (χ2n) is 3.38. The van der Waals surface area contributed by atoms with Gasteiger partial charge in [-0.1, -0.05) is 36.9 Å². The Labute approximate surface area is 100 Å². The zero-order valence-electron chi connectivity index (χ0n) is 9.52. The van der Waals surface area contributed by atoms with Crippen LogP contribution in [0.3, 0.4) is 0 Å². The van der Waals surface area contributed by atoms with Crippen LogP contribution in [0.1, 0.15) is 23.2 Å². The van der Waals surface area contributed by atoms with E-state index in [1.807, 2.05) is 6.07 Å². The van der Waals surface area contributed by atoms with Gasteiger partial charge >= 0.3 is 5.97 Å². The molecular formula is C14H14O3. The topological polar surface area (TPSA) is 43.4 Å². The molecule has 0 spiro atoms. The molecule has 0 radical (unpaired) electrons. The Morgan fingerprint density at radius 2 is 2.00 bits per heavy atom. The molecule has 0 atom stereocenters. The van der Waals surface area contributed by atoms with Crippen molar-refractivity contribution in [3.63, 3.8) is 0 Å². The fraction of sp³-hybridized carbons (Fsp3) is 0.214. The van der Waals surface area contributed by atoms with Crippen LogP contribution in [-0.4, -0.2) is 18.4 Å². The fourth-order valence-corrected chi connectivity index (χ4v) is 1.24. The number of hydrogen-bond acceptors (Lipinski definition) is 3. The smallest absolute Gasteiger partial charge is 0.313 e. The van der Waals surface area contributed by atoms with Gasteiger partial charge in [-0.2, -0.15) is 0 Å². The van der Waals surface area contributed by atoms with Gasteiger partial charge < -0.3 is 4.74 Å². The van der Waals surface area contributed by atoms with E-state index in [0.29, 0.717) is 12.0 Å². The zero-order chi connectivity index (χ0) is 12.5. The van der Waals surface area contributed by atoms with Gasteiger partial charge in [0.1, 0.15) is 6.42 Å². The van der Waals surface area contributed by atoms with Gasteiger partial charge in [0.15, 0.2) is 5.78 Å². The molecule has 0 fully saturated rings. The molecule has 0 aliphatic heterocycles. The maximum atomic E-state index is 11.6. The molecule has 3 heteroatoms. The molecule has 0 saturated heterocycles. The summed E-state index contributed by atoms with van der Waals surface area (Å²) in [4.78, 5) is 22.9. The van der Waals surface area contributed by atoms with Crippen LogP contribution in [0.5, 0.6) is 0 Å². The number of benzene rings is 1. The highest BCUT2D eigenvalue weighted by atomic mass is 16.5. The molecule has 1 aromatic rings. The summed E-state index contributed by atoms with van der Waals surface area (Å²) in [6, 6.07) is 8.68. The number of rotatable bonds is 6. The Balaban J connectivity index is 2.36. The van der Waals surface area contributed by atoms with Crippen LogP contribution in [0.4, 0.5) is 0 Å². The second kappa shape index (κ2) is 7.20. The van der Waals surface area contributed by atoms with E-state index in [1.165, 1.54) is 0 Å². The van der Waals surface area contributed by atoms with Crippen LogP contribution in [0, 0.1) is 0 Å². The summed E-state index contributed by atoms with van der Waals surface area (Å²) in [5.41, 5.74) is 3.10. The van der Waals surface area contributed by atoms with E-state index < -0.39 is 5.97 Å². The summed E-state index contributed by atoms with van der Waals surface area (Å²) in [5.74, 6) is -0.730. The Kier molecular flexibility index (Phi) is 5.49. The third kappa shape index (κ3) is 4.96. The fourth-order valence-electron chi connectivity index (χ4n) is 1.24. The molecule has 0 unspecified atom stereocenters. The maximum absolute atomic E-state index is 11.6. The van der Waals surface area contributed by atoms with E-state index in [4.69, 9.17) is 4.74 Å². The highest BCUT2D eigenvalue weighted by Gasteiger charge is 2.11. The van der Waals surface area contributed by atoms with Crippen molar-refractivity contribution in [3.8, 4) is 0 Å². The number of Topliss-reactive ketones (excluding diaryl/α,β-unsaturated/α-hetero) is 1. The lowest BCUT2D eigenvalue weighted by molar-refractivity contribution is -0.142. The SMILES string of the molecule is C=C=CCCOC(=O)CC(=O)c1ccccc1. The average Bonchev–Trinajstić information content (AvgIpc) is 2.36. The monoisotopic (exact) mass is 230 g/mol. The lowest BCUT2D eigenvalue weighted by Crippen LogP contribution is -2.11. The Bertz CT molecular complexity index is 428. The van der Waals surface area contributed by atoms with Crippen molar-refractivity contribution >= 4 is 11.8 Å². The Morgan fingerprint density at radius 3 is 2.65 bits per heavy atom. The van der Waals surface area contributed by atoms with Crippen molar-refractivity contribution in [2.24, 2.45) is 0 Å². The van der Waals surface area contributed by atoms with Gasteiger partial charge in [-0.05, 0) is 6.08 Å². The number of esters is 1. The highest BCUT2D eigenvalue weighted by molar-refractivity contribution is 6.05. The number of hydrogen-bond donors (Lipinski definition) is 0. The molecule has 17 heavy (non-hydrogen) atoms. The first kappa shape index (κ1) is 12.9. The van der Waals surface area contributed by atoms with Crippen LogP contribution < -0.4 is 0 Å². The first-order chi connectivity index (χ1) is 8.24. The van der Waals surface area contributed by atoms with Gasteiger partial charge in [0.25, 0.3) is 0 Å². The molecule has 0 saturated carbocycles. The van der Waals surface area contributed by atoms with Crippen molar-refractivity contribution < 1.29 is 14.3 Å². The molecule has 0 aliphatic carbocycles. The lowest BCUT2D eigenvalue weighted by atomic mass is 10.1. The van der Waals surface area contributed by atoms with Crippen molar-refractivity contribution in [2.45, 2.75) is 12.8 Å². The van der Waals surface area contributed by atoms with E-state index >= 15 is 0 Å². The Morgan fingerprint density at radius 1 is 1.29 bits per heavy atom. The second-order valence-corrected chi connectivity index (χ2v) is 3.38. The number of carbonyl (C=O) groups is 2. The molecule has 0 bridgehead atoms. The van der Waals surface area contributed by atoms with Crippen molar-refractivity contribution in [2.75, 3.05) is 6.61 Å². The molecule has 1 rings (SSSR count). The van der Waals surface area contributed by atoms with Crippen LogP contribution in [-0.2, 0) is 9.53 Å². The van der Waals surface area contributed by atoms with Gasteiger partial charge in [-0.25, -0.2) is 0 Å². The molecule has 0 amide bonds. The first-order valence-electron chi connectivity index (χ1n) is 5.32. The molecular weight excluding hydrogens is 216 g/mol. The predicted molar refractivity (Wildman–Crippen MR) is 64.7 cm³/mol. The molecule has 0 heterocycles. The summed E-state index contributed by atoms with van der Waals surface area (Å²) in [6.07, 6.45) is 2.02. The summed E-state index contributed by atoms with van der Waals surface area (Å²) in [7, 11) is 0. The van der Waals surface area contributed by atoms with E-state index in [-0.39, 0.29) is 18.8 Å². The van der Waals surface area contributed by atoms with Crippen LogP contribution in [0.25, 0.3) is 0 Å². The standard InChI is InChI=1S/C14H14O3/c1-2-3-7-10-17-14(16)11-13(15)12-8-5-4-6-9-12/h3-6,8-9H,1,7,10-11H2. The zero-order valence-corrected chi connectivity index (χ0v) is 9.52. The van der Waals surface area contributed by atoms with Gasteiger partial charge in [-0.3, -0.25) is 9.59 Å². The predicted octanol–water partition coefficient (Wildman–Crippen LogP) is 2.53. The first-order valence-corrected chi connectivity index (χ1v) is 5.32. The Hall–Kier alpha value is -2.12. The molecule has 1 aromatic carbocycles. The number of carbonyl (C=O) groups excluding carboxylic acids is 2. The van der Waals surface area contributed by atoms with Gasteiger partial charge in [0.05, 0.1) is 6.61 Å². The third-order valence-corrected chi connectivity index (χ3v) is 2.07. The molecule has 0 aliphatic rings. The average molecular weight is 230 g/mol. The summed E-state index contributed by atoms with van der Waals surface area (Å²) in [6.45, 7) is 3.64. The molecule has 0 N–H and O–H groups in total. The molecule has 0 aromatic heterocycles. The van der Waals surface area contributed by atoms with Crippen LogP contribution in [0.15, 0.2) is 48.7 Å². The third-order valence-electron chi connectivity index (χ3n) is 2.07. The molecule has 3 nitrogen and oxygen atoms in total. The van der Waals surface area contributed by atoms with Crippen molar-refractivity contribution in [1.29, 1.82) is 0 Å². The number of ether oxygens (including phenoxy) is 1. The van der Waals surface area contributed by atoms with Crippen molar-refractivity contribution in [3.05, 3.63) is 54.3 Å². The minimum absolute atomic E-state index is 0.220. The quantitative estimate of drug-likeness (QED) is 0.248. The highest BCUT2D eigenvalue weighted by Crippen LogP contribution is 2.03. The summed E-state index contributed by atoms with van der Waals surface area (Å²) in [5, 5.41) is 0. The van der Waals surface area contributed by atoms with Crippen LogP contribution >= 0.6 is 0 Å². The van der Waals surface area contributed by atoms with Gasteiger partial charge in [0.2, 0.25) is 0 Å². The van der Waals surface area contributed by atoms with Crippen LogP contribution in [0.2, 0.25) is 0 Å². The molecule has 88 valence electrons.